The lowest BCUT2D eigenvalue weighted by atomic mass is 9.84. The molecule has 0 bridgehead atoms. The van der Waals surface area contributed by atoms with Crippen LogP contribution >= 0.6 is 0 Å². The van der Waals surface area contributed by atoms with Crippen LogP contribution in [0.5, 0.6) is 5.75 Å². The van der Waals surface area contributed by atoms with Gasteiger partial charge < -0.3 is 20.3 Å². The van der Waals surface area contributed by atoms with Crippen molar-refractivity contribution in [3.63, 3.8) is 0 Å². The van der Waals surface area contributed by atoms with Crippen LogP contribution in [0.1, 0.15) is 63.9 Å². The molecule has 1 atom stereocenters. The molecule has 2 fully saturated rings. The van der Waals surface area contributed by atoms with Gasteiger partial charge in [-0.2, -0.15) is 0 Å². The van der Waals surface area contributed by atoms with Gasteiger partial charge in [0.25, 0.3) is 0 Å². The maximum atomic E-state index is 13.8. The second-order valence-electron chi connectivity index (χ2n) is 9.98. The maximum absolute atomic E-state index is 13.8. The van der Waals surface area contributed by atoms with E-state index in [-0.39, 0.29) is 11.8 Å². The van der Waals surface area contributed by atoms with Gasteiger partial charge in [-0.05, 0) is 56.5 Å². The smallest absolute Gasteiger partial charge is 0.245 e. The van der Waals surface area contributed by atoms with Crippen LogP contribution in [0.4, 0.5) is 0 Å². The fraction of sp³-hybridized carbons (Fsp3) is 0.630. The van der Waals surface area contributed by atoms with Crippen molar-refractivity contribution >= 4 is 23.9 Å². The van der Waals surface area contributed by atoms with Gasteiger partial charge in [-0.3, -0.25) is 19.6 Å². The molecule has 1 aromatic rings. The molecule has 35 heavy (non-hydrogen) atoms. The van der Waals surface area contributed by atoms with Gasteiger partial charge in [0.1, 0.15) is 17.6 Å². The molecular formula is C27H41N5O3. The van der Waals surface area contributed by atoms with Gasteiger partial charge in [-0.1, -0.05) is 32.1 Å². The molecule has 0 radical (unpaired) electrons. The first-order chi connectivity index (χ1) is 16.8. The normalized spacial score (nSPS) is 20.4. The molecule has 1 saturated heterocycles. The number of amidine groups is 1. The van der Waals surface area contributed by atoms with Crippen molar-refractivity contribution in [3.05, 3.63) is 29.8 Å². The van der Waals surface area contributed by atoms with Gasteiger partial charge >= 0.3 is 0 Å². The zero-order valence-corrected chi connectivity index (χ0v) is 21.7. The zero-order valence-electron chi connectivity index (χ0n) is 21.7. The zero-order chi connectivity index (χ0) is 25.3. The molecule has 8 heteroatoms. The van der Waals surface area contributed by atoms with Crippen molar-refractivity contribution in [3.8, 4) is 5.75 Å². The largest absolute Gasteiger partial charge is 0.497 e. The first-order valence-corrected chi connectivity index (χ1v) is 12.8. The minimum Gasteiger partial charge on any atom is -0.497 e. The molecular weight excluding hydrogens is 442 g/mol. The lowest BCUT2D eigenvalue weighted by Crippen LogP contribution is -2.58. The fourth-order valence-corrected chi connectivity index (χ4v) is 5.09. The molecule has 2 aliphatic rings. The summed E-state index contributed by atoms with van der Waals surface area (Å²) in [6, 6.07) is 6.77. The lowest BCUT2D eigenvalue weighted by molar-refractivity contribution is -0.124. The van der Waals surface area contributed by atoms with Gasteiger partial charge in [0, 0.05) is 38.8 Å². The van der Waals surface area contributed by atoms with Crippen molar-refractivity contribution in [2.24, 2.45) is 15.9 Å². The van der Waals surface area contributed by atoms with Crippen molar-refractivity contribution in [1.82, 2.24) is 15.5 Å². The Hall–Kier alpha value is -2.74. The number of benzene rings is 1. The molecule has 192 valence electrons. The quantitative estimate of drug-likeness (QED) is 0.438. The number of nitrogens with zero attached hydrogens (tertiary/aromatic N) is 3. The minimum absolute atomic E-state index is 0.101. The highest BCUT2D eigenvalue weighted by Gasteiger charge is 2.36. The van der Waals surface area contributed by atoms with Crippen molar-refractivity contribution in [2.45, 2.75) is 69.9 Å². The lowest BCUT2D eigenvalue weighted by Gasteiger charge is -2.39. The van der Waals surface area contributed by atoms with E-state index in [9.17, 15) is 9.59 Å². The number of aliphatic imine (C=N–C) groups is 2. The van der Waals surface area contributed by atoms with Crippen LogP contribution in [-0.2, 0) is 9.59 Å². The summed E-state index contributed by atoms with van der Waals surface area (Å²) >= 11 is 0. The summed E-state index contributed by atoms with van der Waals surface area (Å²) in [5.74, 6) is 1.26. The molecule has 0 unspecified atom stereocenters. The second-order valence-corrected chi connectivity index (χ2v) is 9.98. The van der Waals surface area contributed by atoms with Crippen LogP contribution in [0.25, 0.3) is 0 Å². The Labute approximate surface area is 209 Å². The minimum atomic E-state index is -0.594. The van der Waals surface area contributed by atoms with Crippen LogP contribution in [-0.4, -0.2) is 74.6 Å². The third-order valence-corrected chi connectivity index (χ3v) is 7.15. The summed E-state index contributed by atoms with van der Waals surface area (Å²) in [6.45, 7) is 3.25. The summed E-state index contributed by atoms with van der Waals surface area (Å²) in [5.41, 5.74) is 0.277. The van der Waals surface area contributed by atoms with Crippen LogP contribution in [0, 0.1) is 5.92 Å². The van der Waals surface area contributed by atoms with Crippen molar-refractivity contribution in [1.29, 1.82) is 0 Å². The average Bonchev–Trinajstić information content (AvgIpc) is 2.85. The maximum Gasteiger partial charge on any atom is 0.245 e. The number of nitrogens with one attached hydrogen (secondary N) is 2. The molecule has 3 rings (SSSR count). The Morgan fingerprint density at radius 1 is 1.17 bits per heavy atom. The number of carbonyl (C=O) groups excluding carboxylic acids is 2. The van der Waals surface area contributed by atoms with E-state index in [0.29, 0.717) is 18.2 Å². The summed E-state index contributed by atoms with van der Waals surface area (Å²) in [7, 11) is 5.46. The average molecular weight is 484 g/mol. The number of rotatable bonds is 8. The third kappa shape index (κ3) is 7.88. The molecule has 1 aliphatic carbocycles. The highest BCUT2D eigenvalue weighted by molar-refractivity contribution is 6.08. The van der Waals surface area contributed by atoms with Crippen LogP contribution < -0.4 is 15.4 Å². The molecule has 1 heterocycles. The van der Waals surface area contributed by atoms with E-state index in [4.69, 9.17) is 9.73 Å². The standard InChI is InChI=1S/C27H41N5O3/c1-20(33)29-25(22-10-12-23(35-4)13-11-22)30-24(18-21-8-6-5-7-9-21)26(34)31-27(19-28-2)14-16-32(3)17-15-27/h10-13,19,21,24H,5-9,14-18H2,1-4H3,(H,31,34)(H,29,30,33)/t24-/m0/s1. The predicted molar refractivity (Wildman–Crippen MR) is 140 cm³/mol. The number of methoxy groups -OCH3 is 1. The van der Waals surface area contributed by atoms with E-state index in [0.717, 1.165) is 50.1 Å². The topological polar surface area (TPSA) is 95.4 Å². The molecule has 0 spiro atoms. The molecule has 8 nitrogen and oxygen atoms in total. The molecule has 2 amide bonds. The highest BCUT2D eigenvalue weighted by atomic mass is 16.5. The fourth-order valence-electron chi connectivity index (χ4n) is 5.09. The summed E-state index contributed by atoms with van der Waals surface area (Å²) in [6.07, 6.45) is 10.0. The van der Waals surface area contributed by atoms with E-state index >= 15 is 0 Å². The number of hydrogen-bond acceptors (Lipinski definition) is 6. The Morgan fingerprint density at radius 3 is 2.40 bits per heavy atom. The molecule has 2 N–H and O–H groups in total. The molecule has 0 aromatic heterocycles. The van der Waals surface area contributed by atoms with Crippen molar-refractivity contribution < 1.29 is 14.3 Å². The van der Waals surface area contributed by atoms with Crippen LogP contribution in [0.15, 0.2) is 34.3 Å². The SMILES string of the molecule is CN=CC1(NC(=O)[C@H](CC2CCCCC2)N=C(NC(C)=O)c2ccc(OC)cc2)CCN(C)CC1. The first-order valence-electron chi connectivity index (χ1n) is 12.8. The number of likely N-dealkylation sites (tertiary alicyclic amines) is 1. The van der Waals surface area contributed by atoms with Crippen molar-refractivity contribution in [2.75, 3.05) is 34.3 Å². The molecule has 1 aromatic carbocycles. The third-order valence-electron chi connectivity index (χ3n) is 7.15. The number of piperidine rings is 1. The van der Waals surface area contributed by atoms with Gasteiger partial charge in [0.15, 0.2) is 0 Å². The Morgan fingerprint density at radius 2 is 1.83 bits per heavy atom. The highest BCUT2D eigenvalue weighted by Crippen LogP contribution is 2.29. The summed E-state index contributed by atoms with van der Waals surface area (Å²) in [4.78, 5) is 37.2. The number of carbonyl (C=O) groups is 2. The summed E-state index contributed by atoms with van der Waals surface area (Å²) in [5, 5.41) is 6.17. The van der Waals surface area contributed by atoms with E-state index in [1.54, 1.807) is 14.2 Å². The monoisotopic (exact) mass is 483 g/mol. The van der Waals surface area contributed by atoms with Crippen LogP contribution in [0.2, 0.25) is 0 Å². The Bertz CT molecular complexity index is 898. The van der Waals surface area contributed by atoms with E-state index in [2.05, 4.69) is 27.6 Å². The van der Waals surface area contributed by atoms with E-state index in [1.165, 1.54) is 26.2 Å². The molecule has 1 aliphatic heterocycles. The molecule has 1 saturated carbocycles. The van der Waals surface area contributed by atoms with Crippen LogP contribution in [0.3, 0.4) is 0 Å². The number of hydrogen-bond donors (Lipinski definition) is 2. The van der Waals surface area contributed by atoms with Gasteiger partial charge in [-0.25, -0.2) is 0 Å². The summed E-state index contributed by atoms with van der Waals surface area (Å²) < 4.78 is 5.27. The second kappa shape index (κ2) is 12.8. The number of ether oxygens (including phenoxy) is 1. The van der Waals surface area contributed by atoms with E-state index < -0.39 is 11.6 Å². The Kier molecular flexibility index (Phi) is 9.83. The Balaban J connectivity index is 1.91. The predicted octanol–water partition coefficient (Wildman–Crippen LogP) is 3.20. The van der Waals surface area contributed by atoms with Gasteiger partial charge in [0.05, 0.1) is 12.6 Å². The van der Waals surface area contributed by atoms with Gasteiger partial charge in [-0.15, -0.1) is 0 Å². The van der Waals surface area contributed by atoms with E-state index in [1.807, 2.05) is 30.5 Å². The first kappa shape index (κ1) is 26.9. The van der Waals surface area contributed by atoms with Gasteiger partial charge in [0.2, 0.25) is 11.8 Å². The number of amides is 2.